The van der Waals surface area contributed by atoms with Crippen LogP contribution in [-0.2, 0) is 11.3 Å². The van der Waals surface area contributed by atoms with Crippen molar-refractivity contribution in [3.63, 3.8) is 0 Å². The molecule has 5 heteroatoms. The summed E-state index contributed by atoms with van der Waals surface area (Å²) in [6, 6.07) is 20.9. The second-order valence-corrected chi connectivity index (χ2v) is 7.25. The van der Waals surface area contributed by atoms with Crippen molar-refractivity contribution in [2.24, 2.45) is 0 Å². The Balaban J connectivity index is 1.61. The topological polar surface area (TPSA) is 49.4 Å². The number of carbonyl (C=O) groups excluding carboxylic acids is 2. The van der Waals surface area contributed by atoms with Crippen molar-refractivity contribution in [3.8, 4) is 0 Å². The first kappa shape index (κ1) is 18.9. The Kier molecular flexibility index (Phi) is 5.12. The highest BCUT2D eigenvalue weighted by atomic mass is 19.1. The van der Waals surface area contributed by atoms with Gasteiger partial charge in [-0.2, -0.15) is 0 Å². The molecule has 2 amide bonds. The van der Waals surface area contributed by atoms with E-state index in [0.29, 0.717) is 12.1 Å². The largest absolute Gasteiger partial charge is 0.327 e. The summed E-state index contributed by atoms with van der Waals surface area (Å²) in [4.78, 5) is 27.5. The van der Waals surface area contributed by atoms with E-state index in [1.54, 1.807) is 17.0 Å². The van der Waals surface area contributed by atoms with Crippen LogP contribution in [0.1, 0.15) is 39.5 Å². The molecule has 0 fully saturated rings. The van der Waals surface area contributed by atoms with Gasteiger partial charge in [-0.05, 0) is 36.2 Å². The molecule has 1 N–H and O–H groups in total. The lowest BCUT2D eigenvalue weighted by atomic mass is 10.00. The summed E-state index contributed by atoms with van der Waals surface area (Å²) in [5, 5.41) is 2.63. The molecular formula is C24H21FN2O2. The van der Waals surface area contributed by atoms with Crippen LogP contribution in [0.4, 0.5) is 10.1 Å². The monoisotopic (exact) mass is 388 g/mol. The van der Waals surface area contributed by atoms with Crippen LogP contribution >= 0.6 is 0 Å². The third-order valence-corrected chi connectivity index (χ3v) is 5.21. The van der Waals surface area contributed by atoms with Crippen molar-refractivity contribution in [2.75, 3.05) is 5.32 Å². The molecule has 3 aromatic rings. The number of amides is 2. The minimum Gasteiger partial charge on any atom is -0.327 e. The molecule has 0 saturated carbocycles. The fourth-order valence-corrected chi connectivity index (χ4v) is 3.66. The molecule has 4 rings (SSSR count). The minimum absolute atomic E-state index is 0.0388. The quantitative estimate of drug-likeness (QED) is 0.679. The van der Waals surface area contributed by atoms with Crippen molar-refractivity contribution in [1.29, 1.82) is 0 Å². The van der Waals surface area contributed by atoms with Crippen molar-refractivity contribution >= 4 is 17.5 Å². The second kappa shape index (κ2) is 7.87. The summed E-state index contributed by atoms with van der Waals surface area (Å²) < 4.78 is 13.9. The van der Waals surface area contributed by atoms with Gasteiger partial charge in [0, 0.05) is 12.1 Å². The van der Waals surface area contributed by atoms with Crippen LogP contribution < -0.4 is 5.32 Å². The highest BCUT2D eigenvalue weighted by Crippen LogP contribution is 2.34. The lowest BCUT2D eigenvalue weighted by Gasteiger charge is -2.28. The number of para-hydroxylation sites is 1. The number of aryl methyl sites for hydroxylation is 1. The van der Waals surface area contributed by atoms with Crippen LogP contribution in [-0.4, -0.2) is 16.7 Å². The fraction of sp³-hybridized carbons (Fsp3) is 0.167. The number of hydrogen-bond donors (Lipinski definition) is 1. The molecule has 0 radical (unpaired) electrons. The van der Waals surface area contributed by atoms with Crippen LogP contribution in [0.5, 0.6) is 0 Å². The van der Waals surface area contributed by atoms with Gasteiger partial charge in [-0.15, -0.1) is 0 Å². The average molecular weight is 388 g/mol. The van der Waals surface area contributed by atoms with Crippen molar-refractivity contribution in [2.45, 2.75) is 25.9 Å². The molecule has 29 heavy (non-hydrogen) atoms. The van der Waals surface area contributed by atoms with Crippen LogP contribution in [0.25, 0.3) is 0 Å². The van der Waals surface area contributed by atoms with Gasteiger partial charge in [0.25, 0.3) is 5.91 Å². The lowest BCUT2D eigenvalue weighted by Crippen LogP contribution is -2.32. The number of nitrogens with zero attached hydrogens (tertiary/aromatic N) is 1. The maximum atomic E-state index is 13.9. The van der Waals surface area contributed by atoms with E-state index < -0.39 is 11.9 Å². The van der Waals surface area contributed by atoms with E-state index in [2.05, 4.69) is 5.32 Å². The Hall–Kier alpha value is -3.47. The van der Waals surface area contributed by atoms with Gasteiger partial charge in [0.1, 0.15) is 5.82 Å². The second-order valence-electron chi connectivity index (χ2n) is 7.25. The van der Waals surface area contributed by atoms with E-state index in [0.717, 1.165) is 16.7 Å². The Morgan fingerprint density at radius 2 is 1.72 bits per heavy atom. The average Bonchev–Trinajstić information content (AvgIpc) is 3.05. The zero-order valence-corrected chi connectivity index (χ0v) is 16.1. The number of hydrogen-bond acceptors (Lipinski definition) is 2. The third-order valence-electron chi connectivity index (χ3n) is 5.21. The van der Waals surface area contributed by atoms with Crippen molar-refractivity contribution in [1.82, 2.24) is 4.90 Å². The first-order chi connectivity index (χ1) is 14.0. The van der Waals surface area contributed by atoms with Gasteiger partial charge in [0.2, 0.25) is 5.91 Å². The number of rotatable bonds is 5. The van der Waals surface area contributed by atoms with Gasteiger partial charge in [0.05, 0.1) is 18.2 Å². The number of halogens is 1. The van der Waals surface area contributed by atoms with Crippen LogP contribution in [0.15, 0.2) is 72.8 Å². The number of fused-ring (bicyclic) bond motifs is 1. The molecule has 1 aliphatic rings. The van der Waals surface area contributed by atoms with Gasteiger partial charge in [-0.1, -0.05) is 60.2 Å². The van der Waals surface area contributed by atoms with E-state index in [-0.39, 0.29) is 23.9 Å². The summed E-state index contributed by atoms with van der Waals surface area (Å²) in [5.41, 5.74) is 3.72. The van der Waals surface area contributed by atoms with Gasteiger partial charge >= 0.3 is 0 Å². The SMILES string of the molecule is Cc1ccc([C@@H](CC(=O)Nc2ccccc2F)N2Cc3ccccc3C2=O)cc1. The maximum absolute atomic E-state index is 13.9. The minimum atomic E-state index is -0.489. The number of benzene rings is 3. The third kappa shape index (κ3) is 3.90. The Bertz CT molecular complexity index is 1060. The standard InChI is InChI=1S/C24H21FN2O2/c1-16-10-12-17(13-11-16)22(14-23(28)26-21-9-5-4-8-20(21)25)27-15-18-6-2-3-7-19(18)24(27)29/h2-13,22H,14-15H2,1H3,(H,26,28)/t22-/m1/s1. The Morgan fingerprint density at radius 1 is 1.03 bits per heavy atom. The van der Waals surface area contributed by atoms with Crippen molar-refractivity contribution in [3.05, 3.63) is 101 Å². The Morgan fingerprint density at radius 3 is 2.45 bits per heavy atom. The smallest absolute Gasteiger partial charge is 0.255 e. The lowest BCUT2D eigenvalue weighted by molar-refractivity contribution is -0.117. The van der Waals surface area contributed by atoms with E-state index in [1.165, 1.54) is 12.1 Å². The summed E-state index contributed by atoms with van der Waals surface area (Å²) in [5.74, 6) is -0.924. The summed E-state index contributed by atoms with van der Waals surface area (Å²) >= 11 is 0. The van der Waals surface area contributed by atoms with Crippen LogP contribution in [0.2, 0.25) is 0 Å². The molecule has 1 heterocycles. The molecule has 1 atom stereocenters. The normalized spacial score (nSPS) is 13.9. The van der Waals surface area contributed by atoms with Gasteiger partial charge in [-0.25, -0.2) is 4.39 Å². The highest BCUT2D eigenvalue weighted by molar-refractivity contribution is 5.99. The van der Waals surface area contributed by atoms with E-state index in [1.807, 2.05) is 55.5 Å². The Labute approximate surface area is 169 Å². The molecule has 4 nitrogen and oxygen atoms in total. The molecule has 0 aliphatic carbocycles. The van der Waals surface area contributed by atoms with Crippen LogP contribution in [0, 0.1) is 12.7 Å². The predicted octanol–water partition coefficient (Wildman–Crippen LogP) is 4.86. The van der Waals surface area contributed by atoms with Crippen molar-refractivity contribution < 1.29 is 14.0 Å². The molecule has 3 aromatic carbocycles. The molecule has 0 bridgehead atoms. The molecule has 146 valence electrons. The number of anilines is 1. The first-order valence-electron chi connectivity index (χ1n) is 9.53. The molecule has 1 aliphatic heterocycles. The van der Waals surface area contributed by atoms with E-state index >= 15 is 0 Å². The molecule has 0 unspecified atom stereocenters. The van der Waals surface area contributed by atoms with E-state index in [4.69, 9.17) is 0 Å². The maximum Gasteiger partial charge on any atom is 0.255 e. The number of nitrogens with one attached hydrogen (secondary N) is 1. The van der Waals surface area contributed by atoms with E-state index in [9.17, 15) is 14.0 Å². The fourth-order valence-electron chi connectivity index (χ4n) is 3.66. The van der Waals surface area contributed by atoms with Crippen LogP contribution in [0.3, 0.4) is 0 Å². The molecule has 0 aromatic heterocycles. The summed E-state index contributed by atoms with van der Waals surface area (Å²) in [6.45, 7) is 2.43. The molecule has 0 spiro atoms. The highest BCUT2D eigenvalue weighted by Gasteiger charge is 2.34. The first-order valence-corrected chi connectivity index (χ1v) is 9.53. The molecule has 0 saturated heterocycles. The predicted molar refractivity (Wildman–Crippen MR) is 110 cm³/mol. The molecular weight excluding hydrogens is 367 g/mol. The zero-order valence-electron chi connectivity index (χ0n) is 16.1. The summed E-state index contributed by atoms with van der Waals surface area (Å²) in [6.07, 6.45) is 0.0388. The zero-order chi connectivity index (χ0) is 20.4. The van der Waals surface area contributed by atoms with Gasteiger partial charge in [0.15, 0.2) is 0 Å². The van der Waals surface area contributed by atoms with Gasteiger partial charge in [-0.3, -0.25) is 9.59 Å². The van der Waals surface area contributed by atoms with Gasteiger partial charge < -0.3 is 10.2 Å². The summed E-state index contributed by atoms with van der Waals surface area (Å²) in [7, 11) is 0. The number of carbonyl (C=O) groups is 2.